The monoisotopic (exact) mass is 744 g/mol. The van der Waals surface area contributed by atoms with E-state index >= 15 is 0 Å². The van der Waals surface area contributed by atoms with E-state index in [0.29, 0.717) is 0 Å². The molecular formula is C32H45IN2O8S. The maximum Gasteiger partial charge on any atom is 0.408 e. The Labute approximate surface area is 278 Å². The van der Waals surface area contributed by atoms with Crippen LogP contribution in [0.5, 0.6) is 0 Å². The summed E-state index contributed by atoms with van der Waals surface area (Å²) in [5.74, 6) is -2.18. The van der Waals surface area contributed by atoms with Crippen LogP contribution in [-0.2, 0) is 31.9 Å². The number of carboxylic acids is 2. The van der Waals surface area contributed by atoms with Crippen LogP contribution >= 0.6 is 34.4 Å². The number of carbonyl (C=O) groups excluding carboxylic acids is 2. The Morgan fingerprint density at radius 2 is 1.02 bits per heavy atom. The number of thioether (sulfide) groups is 1. The number of carbonyl (C=O) groups is 4. The van der Waals surface area contributed by atoms with Gasteiger partial charge in [-0.15, -0.1) is 11.8 Å². The lowest BCUT2D eigenvalue weighted by molar-refractivity contribution is -0.140. The first-order valence-electron chi connectivity index (χ1n) is 14.0. The minimum atomic E-state index is -1.09. The van der Waals surface area contributed by atoms with Gasteiger partial charge in [-0.1, -0.05) is 45.0 Å². The molecule has 2 atom stereocenters. The van der Waals surface area contributed by atoms with Crippen molar-refractivity contribution in [2.45, 2.75) is 108 Å². The van der Waals surface area contributed by atoms with Gasteiger partial charge in [0.1, 0.15) is 23.3 Å². The van der Waals surface area contributed by atoms with Crippen LogP contribution in [0.4, 0.5) is 9.59 Å². The van der Waals surface area contributed by atoms with Crippen LogP contribution in [0.2, 0.25) is 0 Å². The van der Waals surface area contributed by atoms with E-state index < -0.39 is 47.4 Å². The molecule has 0 spiro atoms. The van der Waals surface area contributed by atoms with Gasteiger partial charge in [-0.05, 0) is 99.5 Å². The van der Waals surface area contributed by atoms with Crippen molar-refractivity contribution in [2.75, 3.05) is 0 Å². The van der Waals surface area contributed by atoms with Gasteiger partial charge in [0.25, 0.3) is 0 Å². The Morgan fingerprint density at radius 3 is 1.32 bits per heavy atom. The van der Waals surface area contributed by atoms with E-state index in [1.807, 2.05) is 48.5 Å². The molecule has 4 N–H and O–H groups in total. The van der Waals surface area contributed by atoms with Crippen LogP contribution in [0.3, 0.4) is 0 Å². The van der Waals surface area contributed by atoms with Gasteiger partial charge in [0.05, 0.1) is 0 Å². The molecule has 10 nitrogen and oxygen atoms in total. The largest absolute Gasteiger partial charge is 0.480 e. The summed E-state index contributed by atoms with van der Waals surface area (Å²) in [4.78, 5) is 47.1. The maximum absolute atomic E-state index is 11.8. The summed E-state index contributed by atoms with van der Waals surface area (Å²) in [6, 6.07) is 13.1. The van der Waals surface area contributed by atoms with Gasteiger partial charge >= 0.3 is 24.1 Å². The Hall–Kier alpha value is -3.00. The highest BCUT2D eigenvalue weighted by molar-refractivity contribution is 14.1. The molecular weight excluding hydrogens is 699 g/mol. The fourth-order valence-electron chi connectivity index (χ4n) is 3.44. The lowest BCUT2D eigenvalue weighted by atomic mass is 10.1. The van der Waals surface area contributed by atoms with Crippen molar-refractivity contribution in [1.29, 1.82) is 0 Å². The van der Waals surface area contributed by atoms with E-state index in [0.717, 1.165) is 19.6 Å². The molecule has 0 radical (unpaired) electrons. The molecule has 0 aliphatic heterocycles. The fraction of sp³-hybridized carbons (Fsp3) is 0.500. The van der Waals surface area contributed by atoms with E-state index in [4.69, 9.17) is 14.6 Å². The molecule has 2 aromatic carbocycles. The van der Waals surface area contributed by atoms with Gasteiger partial charge in [-0.25, -0.2) is 19.2 Å². The molecule has 0 bridgehead atoms. The van der Waals surface area contributed by atoms with Gasteiger partial charge in [-0.3, -0.25) is 0 Å². The van der Waals surface area contributed by atoms with Crippen molar-refractivity contribution in [1.82, 2.24) is 10.6 Å². The number of hydrogen-bond donors (Lipinski definition) is 4. The predicted octanol–water partition coefficient (Wildman–Crippen LogP) is 6.91. The number of amides is 2. The third-order valence-corrected chi connectivity index (χ3v) is 6.96. The fourth-order valence-corrected chi connectivity index (χ4v) is 4.78. The second-order valence-corrected chi connectivity index (χ2v) is 16.1. The van der Waals surface area contributed by atoms with E-state index in [1.165, 1.54) is 0 Å². The summed E-state index contributed by atoms with van der Waals surface area (Å²) >= 11 is 3.92. The number of benzene rings is 2. The van der Waals surface area contributed by atoms with E-state index in [9.17, 15) is 24.3 Å². The summed E-state index contributed by atoms with van der Waals surface area (Å²) in [7, 11) is 0. The first-order chi connectivity index (χ1) is 20.0. The number of rotatable bonds is 9. The van der Waals surface area contributed by atoms with Crippen molar-refractivity contribution in [3.8, 4) is 0 Å². The maximum atomic E-state index is 11.8. The molecule has 44 heavy (non-hydrogen) atoms. The van der Waals surface area contributed by atoms with Crippen molar-refractivity contribution < 1.29 is 38.9 Å². The minimum Gasteiger partial charge on any atom is -0.480 e. The zero-order valence-electron chi connectivity index (χ0n) is 26.8. The highest BCUT2D eigenvalue weighted by Crippen LogP contribution is 2.31. The molecule has 2 amide bonds. The summed E-state index contributed by atoms with van der Waals surface area (Å²) in [5, 5.41) is 23.3. The van der Waals surface area contributed by atoms with Crippen molar-refractivity contribution in [3.05, 3.63) is 63.2 Å². The average molecular weight is 745 g/mol. The Balaban J connectivity index is 0.000000447. The van der Waals surface area contributed by atoms with E-state index in [2.05, 4.69) is 54.0 Å². The standard InChI is InChI=1S/C18H27NO4S.C14H18INO4/c1-17(2,3)23-16(22)19-14(15(20)21)11-12-7-9-13(10-8-12)24-18(4,5)6;1-14(2,3)20-13(19)16-11(12(17)18)8-9-4-6-10(15)7-5-9/h7-10,14H,11H2,1-6H3,(H,19,22)(H,20,21);4-7,11H,8H2,1-3H3,(H,16,19)(H,17,18)/t14-;11-/m11/s1. The van der Waals surface area contributed by atoms with Crippen LogP contribution in [0.25, 0.3) is 0 Å². The van der Waals surface area contributed by atoms with Crippen LogP contribution in [-0.4, -0.2) is 62.4 Å². The number of ether oxygens (including phenoxy) is 2. The molecule has 0 heterocycles. The number of carboxylic acid groups (broad SMARTS) is 2. The molecule has 0 aliphatic rings. The second-order valence-electron chi connectivity index (χ2n) is 13.0. The molecule has 0 aromatic heterocycles. The zero-order valence-corrected chi connectivity index (χ0v) is 29.8. The summed E-state index contributed by atoms with van der Waals surface area (Å²) in [6.45, 7) is 16.8. The minimum absolute atomic E-state index is 0.114. The third-order valence-electron chi connectivity index (χ3n) is 5.12. The normalized spacial score (nSPS) is 13.0. The number of alkyl carbamates (subject to hydrolysis) is 2. The van der Waals surface area contributed by atoms with Gasteiger partial charge in [0.2, 0.25) is 0 Å². The second kappa shape index (κ2) is 16.9. The Kier molecular flexibility index (Phi) is 15.0. The molecule has 2 aromatic rings. The van der Waals surface area contributed by atoms with Crippen molar-refractivity contribution in [3.63, 3.8) is 0 Å². The van der Waals surface area contributed by atoms with E-state index in [-0.39, 0.29) is 17.6 Å². The number of hydrogen-bond acceptors (Lipinski definition) is 7. The molecule has 0 saturated carbocycles. The van der Waals surface area contributed by atoms with Gasteiger partial charge in [0.15, 0.2) is 0 Å². The average Bonchev–Trinajstić information content (AvgIpc) is 2.83. The molecule has 0 fully saturated rings. The lowest BCUT2D eigenvalue weighted by Gasteiger charge is -2.22. The molecule has 12 heteroatoms. The summed E-state index contributed by atoms with van der Waals surface area (Å²) < 4.78 is 11.4. The van der Waals surface area contributed by atoms with Crippen molar-refractivity contribution >= 4 is 58.5 Å². The molecule has 244 valence electrons. The van der Waals surface area contributed by atoms with Gasteiger partial charge < -0.3 is 30.3 Å². The SMILES string of the molecule is CC(C)(C)OC(=O)N[C@H](Cc1ccc(I)cc1)C(=O)O.CC(C)(C)OC(=O)N[C@H](Cc1ccc(SC(C)(C)C)cc1)C(=O)O. The van der Waals surface area contributed by atoms with Crippen LogP contribution in [0, 0.1) is 3.57 Å². The lowest BCUT2D eigenvalue weighted by Crippen LogP contribution is -2.44. The van der Waals surface area contributed by atoms with Crippen LogP contribution in [0.15, 0.2) is 53.4 Å². The number of aliphatic carboxylic acids is 2. The van der Waals surface area contributed by atoms with E-state index in [1.54, 1.807) is 53.3 Å². The zero-order chi connectivity index (χ0) is 33.9. The molecule has 0 aliphatic carbocycles. The first kappa shape index (κ1) is 39.0. The highest BCUT2D eigenvalue weighted by atomic mass is 127. The number of nitrogens with one attached hydrogen (secondary N) is 2. The summed E-state index contributed by atoms with van der Waals surface area (Å²) in [6.07, 6.45) is -1.04. The quantitative estimate of drug-likeness (QED) is 0.159. The smallest absolute Gasteiger partial charge is 0.408 e. The Morgan fingerprint density at radius 1 is 0.682 bits per heavy atom. The van der Waals surface area contributed by atoms with Gasteiger partial charge in [0, 0.05) is 26.1 Å². The number of halogens is 1. The van der Waals surface area contributed by atoms with Crippen molar-refractivity contribution in [2.24, 2.45) is 0 Å². The topological polar surface area (TPSA) is 151 Å². The Bertz CT molecular complexity index is 1250. The van der Waals surface area contributed by atoms with Gasteiger partial charge in [-0.2, -0.15) is 0 Å². The molecule has 0 unspecified atom stereocenters. The first-order valence-corrected chi connectivity index (χ1v) is 15.9. The molecule has 2 rings (SSSR count). The third kappa shape index (κ3) is 18.0. The van der Waals surface area contributed by atoms with Crippen LogP contribution < -0.4 is 10.6 Å². The highest BCUT2D eigenvalue weighted by Gasteiger charge is 2.25. The predicted molar refractivity (Wildman–Crippen MR) is 180 cm³/mol. The summed E-state index contributed by atoms with van der Waals surface area (Å²) in [5.41, 5.74) is 0.361. The molecule has 0 saturated heterocycles. The van der Waals surface area contributed by atoms with Crippen LogP contribution in [0.1, 0.15) is 73.4 Å².